The molecule has 0 bridgehead atoms. The maximum absolute atomic E-state index is 4.49. The van der Waals surface area contributed by atoms with Gasteiger partial charge in [-0.25, -0.2) is 9.97 Å². The molecule has 20 heavy (non-hydrogen) atoms. The van der Waals surface area contributed by atoms with Gasteiger partial charge >= 0.3 is 0 Å². The fourth-order valence-electron chi connectivity index (χ4n) is 2.84. The fourth-order valence-corrected chi connectivity index (χ4v) is 3.57. The summed E-state index contributed by atoms with van der Waals surface area (Å²) in [6.45, 7) is 2.02. The van der Waals surface area contributed by atoms with Crippen LogP contribution >= 0.6 is 11.3 Å². The van der Waals surface area contributed by atoms with Crippen LogP contribution in [0.25, 0.3) is 10.2 Å². The second-order valence-corrected chi connectivity index (χ2v) is 5.92. The van der Waals surface area contributed by atoms with Gasteiger partial charge in [0, 0.05) is 30.9 Å². The Hall–Kier alpha value is -2.01. The third kappa shape index (κ3) is 1.94. The van der Waals surface area contributed by atoms with Crippen LogP contribution in [0.1, 0.15) is 18.0 Å². The highest BCUT2D eigenvalue weighted by molar-refractivity contribution is 7.16. The van der Waals surface area contributed by atoms with E-state index in [1.54, 1.807) is 17.7 Å². The van der Waals surface area contributed by atoms with E-state index in [2.05, 4.69) is 43.4 Å². The van der Waals surface area contributed by atoms with Gasteiger partial charge in [-0.1, -0.05) is 6.07 Å². The molecule has 1 atom stereocenters. The van der Waals surface area contributed by atoms with E-state index >= 15 is 0 Å². The molecule has 3 aromatic rings. The molecule has 0 aromatic carbocycles. The van der Waals surface area contributed by atoms with Gasteiger partial charge in [0.15, 0.2) is 0 Å². The molecule has 1 unspecified atom stereocenters. The molecule has 4 nitrogen and oxygen atoms in total. The lowest BCUT2D eigenvalue weighted by Crippen LogP contribution is -2.20. The first-order chi connectivity index (χ1) is 9.92. The van der Waals surface area contributed by atoms with Crippen LogP contribution in [-0.2, 0) is 0 Å². The van der Waals surface area contributed by atoms with Crippen LogP contribution in [-0.4, -0.2) is 28.0 Å². The first-order valence-corrected chi connectivity index (χ1v) is 7.64. The smallest absolute Gasteiger partial charge is 0.140 e. The minimum atomic E-state index is 0.500. The van der Waals surface area contributed by atoms with Gasteiger partial charge in [0.25, 0.3) is 0 Å². The van der Waals surface area contributed by atoms with Crippen LogP contribution in [0.15, 0.2) is 42.2 Å². The summed E-state index contributed by atoms with van der Waals surface area (Å²) >= 11 is 1.67. The summed E-state index contributed by atoms with van der Waals surface area (Å²) in [6.07, 6.45) is 4.68. The van der Waals surface area contributed by atoms with Gasteiger partial charge < -0.3 is 4.90 Å². The number of anilines is 1. The number of thiophene rings is 1. The van der Waals surface area contributed by atoms with Crippen LogP contribution in [0.2, 0.25) is 0 Å². The highest BCUT2D eigenvalue weighted by atomic mass is 32.1. The minimum Gasteiger partial charge on any atom is -0.355 e. The van der Waals surface area contributed by atoms with Crippen LogP contribution < -0.4 is 4.90 Å². The lowest BCUT2D eigenvalue weighted by atomic mass is 10.0. The van der Waals surface area contributed by atoms with E-state index in [0.717, 1.165) is 30.2 Å². The summed E-state index contributed by atoms with van der Waals surface area (Å²) in [5.74, 6) is 1.56. The zero-order chi connectivity index (χ0) is 13.4. The number of aromatic nitrogens is 3. The summed E-state index contributed by atoms with van der Waals surface area (Å²) in [7, 11) is 0. The Morgan fingerprint density at radius 3 is 3.05 bits per heavy atom. The van der Waals surface area contributed by atoms with Crippen LogP contribution in [0.4, 0.5) is 5.82 Å². The Labute approximate surface area is 121 Å². The molecule has 1 aliphatic heterocycles. The van der Waals surface area contributed by atoms with Crippen molar-refractivity contribution in [3.05, 3.63) is 47.9 Å². The summed E-state index contributed by atoms with van der Waals surface area (Å²) in [5, 5.41) is 3.24. The van der Waals surface area contributed by atoms with E-state index < -0.39 is 0 Å². The van der Waals surface area contributed by atoms with Crippen molar-refractivity contribution >= 4 is 27.4 Å². The molecule has 0 spiro atoms. The predicted octanol–water partition coefficient (Wildman–Crippen LogP) is 3.08. The van der Waals surface area contributed by atoms with Crippen molar-refractivity contribution < 1.29 is 0 Å². The van der Waals surface area contributed by atoms with E-state index in [1.807, 2.05) is 12.3 Å². The average Bonchev–Trinajstić information content (AvgIpc) is 3.17. The first kappa shape index (κ1) is 11.8. The summed E-state index contributed by atoms with van der Waals surface area (Å²) in [6, 6.07) is 8.26. The lowest BCUT2D eigenvalue weighted by molar-refractivity contribution is 0.744. The molecular weight excluding hydrogens is 268 g/mol. The Kier molecular flexibility index (Phi) is 2.85. The van der Waals surface area contributed by atoms with Gasteiger partial charge in [-0.15, -0.1) is 11.3 Å². The molecular formula is C15H14N4S. The number of hydrogen-bond donors (Lipinski definition) is 0. The molecule has 1 aliphatic rings. The normalized spacial score (nSPS) is 18.8. The van der Waals surface area contributed by atoms with Crippen molar-refractivity contribution in [3.8, 4) is 0 Å². The Balaban J connectivity index is 1.64. The monoisotopic (exact) mass is 282 g/mol. The summed E-state index contributed by atoms with van der Waals surface area (Å²) in [4.78, 5) is 16.7. The van der Waals surface area contributed by atoms with Crippen LogP contribution in [0.3, 0.4) is 0 Å². The molecule has 5 heteroatoms. The highest BCUT2D eigenvalue weighted by Gasteiger charge is 2.26. The summed E-state index contributed by atoms with van der Waals surface area (Å²) in [5.41, 5.74) is 1.19. The molecule has 4 heterocycles. The van der Waals surface area contributed by atoms with Crippen molar-refractivity contribution in [1.29, 1.82) is 0 Å². The Bertz CT molecular complexity index is 725. The Morgan fingerprint density at radius 2 is 2.15 bits per heavy atom. The molecule has 0 aliphatic carbocycles. The van der Waals surface area contributed by atoms with Crippen molar-refractivity contribution in [2.75, 3.05) is 18.0 Å². The molecule has 0 saturated carbocycles. The fraction of sp³-hybridized carbons (Fsp3) is 0.267. The molecule has 3 aromatic heterocycles. The lowest BCUT2D eigenvalue weighted by Gasteiger charge is -2.18. The molecule has 100 valence electrons. The molecule has 0 amide bonds. The van der Waals surface area contributed by atoms with E-state index in [0.29, 0.717) is 5.92 Å². The van der Waals surface area contributed by atoms with Crippen LogP contribution in [0, 0.1) is 0 Å². The maximum Gasteiger partial charge on any atom is 0.140 e. The number of fused-ring (bicyclic) bond motifs is 1. The van der Waals surface area contributed by atoms with Crippen molar-refractivity contribution in [3.63, 3.8) is 0 Å². The number of rotatable bonds is 2. The predicted molar refractivity (Wildman–Crippen MR) is 81.2 cm³/mol. The average molecular weight is 282 g/mol. The van der Waals surface area contributed by atoms with Gasteiger partial charge in [-0.3, -0.25) is 4.98 Å². The van der Waals surface area contributed by atoms with Gasteiger partial charge in [-0.05, 0) is 30.0 Å². The van der Waals surface area contributed by atoms with Gasteiger partial charge in [0.2, 0.25) is 0 Å². The summed E-state index contributed by atoms with van der Waals surface area (Å²) < 4.78 is 0. The van der Waals surface area contributed by atoms with Crippen LogP contribution in [0.5, 0.6) is 0 Å². The molecule has 4 rings (SSSR count). The van der Waals surface area contributed by atoms with Gasteiger partial charge in [0.1, 0.15) is 17.0 Å². The van der Waals surface area contributed by atoms with E-state index in [4.69, 9.17) is 0 Å². The third-order valence-corrected chi connectivity index (χ3v) is 4.66. The highest BCUT2D eigenvalue weighted by Crippen LogP contribution is 2.33. The number of hydrogen-bond acceptors (Lipinski definition) is 5. The minimum absolute atomic E-state index is 0.500. The topological polar surface area (TPSA) is 41.9 Å². The van der Waals surface area contributed by atoms with E-state index in [9.17, 15) is 0 Å². The van der Waals surface area contributed by atoms with Gasteiger partial charge in [0.05, 0.1) is 5.39 Å². The Morgan fingerprint density at radius 1 is 1.15 bits per heavy atom. The molecule has 0 N–H and O–H groups in total. The standard InChI is InChI=1S/C15H14N4S/c1-2-6-16-13(3-1)11-4-7-19(9-11)14-12-5-8-20-15(12)18-10-17-14/h1-3,5-6,8,10-11H,4,7,9H2. The molecule has 0 radical (unpaired) electrons. The second-order valence-electron chi connectivity index (χ2n) is 5.02. The zero-order valence-corrected chi connectivity index (χ0v) is 11.8. The zero-order valence-electron chi connectivity index (χ0n) is 10.9. The van der Waals surface area contributed by atoms with E-state index in [-0.39, 0.29) is 0 Å². The second kappa shape index (κ2) is 4.83. The maximum atomic E-state index is 4.49. The van der Waals surface area contributed by atoms with E-state index in [1.165, 1.54) is 11.1 Å². The largest absolute Gasteiger partial charge is 0.355 e. The van der Waals surface area contributed by atoms with Gasteiger partial charge in [-0.2, -0.15) is 0 Å². The first-order valence-electron chi connectivity index (χ1n) is 6.76. The quantitative estimate of drug-likeness (QED) is 0.724. The third-order valence-electron chi connectivity index (χ3n) is 3.83. The van der Waals surface area contributed by atoms with Crippen molar-refractivity contribution in [1.82, 2.24) is 15.0 Å². The molecule has 1 saturated heterocycles. The van der Waals surface area contributed by atoms with Crippen molar-refractivity contribution in [2.24, 2.45) is 0 Å². The number of nitrogens with zero attached hydrogens (tertiary/aromatic N) is 4. The number of pyridine rings is 1. The molecule has 1 fully saturated rings. The SMILES string of the molecule is c1ccc(C2CCN(c3ncnc4sccc34)C2)nc1. The van der Waals surface area contributed by atoms with Crippen molar-refractivity contribution in [2.45, 2.75) is 12.3 Å².